The van der Waals surface area contributed by atoms with Gasteiger partial charge in [0.25, 0.3) is 0 Å². The summed E-state index contributed by atoms with van der Waals surface area (Å²) in [5, 5.41) is 6.96. The van der Waals surface area contributed by atoms with Crippen LogP contribution in [0.1, 0.15) is 73.6 Å². The average Bonchev–Trinajstić information content (AvgIpc) is 2.66. The number of rotatable bonds is 7. The van der Waals surface area contributed by atoms with Crippen LogP contribution in [-0.4, -0.2) is 34.5 Å². The first-order chi connectivity index (χ1) is 8.86. The zero-order chi connectivity index (χ0) is 14.5. The van der Waals surface area contributed by atoms with Crippen molar-refractivity contribution in [1.82, 2.24) is 9.91 Å². The van der Waals surface area contributed by atoms with Crippen LogP contribution < -0.4 is 0 Å². The summed E-state index contributed by atoms with van der Waals surface area (Å²) in [5.74, 6) is 0.703. The van der Waals surface area contributed by atoms with Gasteiger partial charge in [0.2, 0.25) is 0 Å². The maximum Gasteiger partial charge on any atom is 0.119 e. The summed E-state index contributed by atoms with van der Waals surface area (Å²) < 4.78 is 0. The third kappa shape index (κ3) is 5.04. The fourth-order valence-corrected chi connectivity index (χ4v) is 2.60. The van der Waals surface area contributed by atoms with Crippen LogP contribution in [0.3, 0.4) is 0 Å². The molecule has 1 heterocycles. The van der Waals surface area contributed by atoms with E-state index in [4.69, 9.17) is 0 Å². The maximum atomic E-state index is 4.65. The summed E-state index contributed by atoms with van der Waals surface area (Å²) in [5.41, 5.74) is 0.154. The Hall–Kier alpha value is -0.730. The van der Waals surface area contributed by atoms with E-state index in [2.05, 4.69) is 56.6 Å². The van der Waals surface area contributed by atoms with Gasteiger partial charge in [0, 0.05) is 12.1 Å². The normalized spacial score (nSPS) is 19.8. The second-order valence-corrected chi connectivity index (χ2v) is 7.14. The van der Waals surface area contributed by atoms with Crippen molar-refractivity contribution in [3.05, 3.63) is 0 Å². The van der Waals surface area contributed by atoms with Gasteiger partial charge in [-0.2, -0.15) is 5.10 Å². The molecule has 1 rings (SSSR count). The Morgan fingerprint density at radius 3 is 2.37 bits per heavy atom. The summed E-state index contributed by atoms with van der Waals surface area (Å²) in [4.78, 5) is 2.42. The smallest absolute Gasteiger partial charge is 0.119 e. The zero-order valence-corrected chi connectivity index (χ0v) is 13.8. The van der Waals surface area contributed by atoms with Crippen LogP contribution >= 0.6 is 0 Å². The van der Waals surface area contributed by atoms with Crippen LogP contribution in [-0.2, 0) is 0 Å². The summed E-state index contributed by atoms with van der Waals surface area (Å²) >= 11 is 0. The number of hydrogen-bond acceptors (Lipinski definition) is 3. The lowest BCUT2D eigenvalue weighted by Gasteiger charge is -2.40. The van der Waals surface area contributed by atoms with Crippen LogP contribution in [0.25, 0.3) is 0 Å². The van der Waals surface area contributed by atoms with E-state index >= 15 is 0 Å². The summed E-state index contributed by atoms with van der Waals surface area (Å²) in [7, 11) is 0. The monoisotopic (exact) mass is 267 g/mol. The summed E-state index contributed by atoms with van der Waals surface area (Å²) in [6.45, 7) is 14.8. The molecule has 3 heteroatoms. The van der Waals surface area contributed by atoms with Crippen LogP contribution in [0.4, 0.5) is 0 Å². The highest BCUT2D eigenvalue weighted by Crippen LogP contribution is 2.27. The Morgan fingerprint density at radius 2 is 1.84 bits per heavy atom. The van der Waals surface area contributed by atoms with Gasteiger partial charge in [-0.3, -0.25) is 5.01 Å². The van der Waals surface area contributed by atoms with Crippen LogP contribution in [0.2, 0.25) is 0 Å². The molecule has 0 aromatic rings. The largest absolute Gasteiger partial charge is 0.335 e. The Morgan fingerprint density at radius 1 is 1.16 bits per heavy atom. The topological polar surface area (TPSA) is 18.8 Å². The van der Waals surface area contributed by atoms with Gasteiger partial charge < -0.3 is 4.90 Å². The molecule has 0 N–H and O–H groups in total. The van der Waals surface area contributed by atoms with Gasteiger partial charge in [0.15, 0.2) is 0 Å². The lowest BCUT2D eigenvalue weighted by atomic mass is 10.0. The third-order valence-electron chi connectivity index (χ3n) is 3.69. The minimum absolute atomic E-state index is 0.154. The second kappa shape index (κ2) is 7.16. The van der Waals surface area contributed by atoms with Crippen molar-refractivity contribution in [2.45, 2.75) is 85.4 Å². The Labute approximate surface area is 120 Å². The van der Waals surface area contributed by atoms with Gasteiger partial charge in [-0.05, 0) is 39.5 Å². The fraction of sp³-hybridized carbons (Fsp3) is 0.938. The van der Waals surface area contributed by atoms with E-state index in [0.29, 0.717) is 12.1 Å². The molecule has 0 bridgehead atoms. The van der Waals surface area contributed by atoms with E-state index in [-0.39, 0.29) is 5.54 Å². The molecule has 1 unspecified atom stereocenters. The lowest BCUT2D eigenvalue weighted by molar-refractivity contribution is 0.0587. The molecule has 0 radical (unpaired) electrons. The number of unbranched alkanes of at least 4 members (excludes halogenated alkanes) is 3. The molecule has 3 nitrogen and oxygen atoms in total. The van der Waals surface area contributed by atoms with Gasteiger partial charge in [-0.1, -0.05) is 40.0 Å². The minimum atomic E-state index is 0.154. The molecule has 1 atom stereocenters. The highest BCUT2D eigenvalue weighted by Gasteiger charge is 2.34. The molecular weight excluding hydrogens is 234 g/mol. The molecule has 0 saturated carbocycles. The molecule has 1 aliphatic rings. The summed E-state index contributed by atoms with van der Waals surface area (Å²) in [6.07, 6.45) is 8.91. The van der Waals surface area contributed by atoms with E-state index < -0.39 is 0 Å². The van der Waals surface area contributed by atoms with Crippen LogP contribution in [0.5, 0.6) is 0 Å². The highest BCUT2D eigenvalue weighted by molar-refractivity contribution is 5.58. The first-order valence-corrected chi connectivity index (χ1v) is 7.95. The van der Waals surface area contributed by atoms with Gasteiger partial charge in [-0.15, -0.1) is 0 Å². The Balaban J connectivity index is 2.57. The van der Waals surface area contributed by atoms with Gasteiger partial charge >= 0.3 is 0 Å². The number of hydrogen-bond donors (Lipinski definition) is 0. The van der Waals surface area contributed by atoms with Crippen molar-refractivity contribution in [3.63, 3.8) is 0 Å². The van der Waals surface area contributed by atoms with E-state index in [1.807, 2.05) is 6.34 Å². The number of nitrogens with zero attached hydrogens (tertiary/aromatic N) is 3. The van der Waals surface area contributed by atoms with Crippen molar-refractivity contribution in [2.75, 3.05) is 6.54 Å². The molecular formula is C16H33N3. The zero-order valence-electron chi connectivity index (χ0n) is 13.8. The van der Waals surface area contributed by atoms with Gasteiger partial charge in [0.05, 0.1) is 0 Å². The predicted octanol–water partition coefficient (Wildman–Crippen LogP) is 4.30. The van der Waals surface area contributed by atoms with Crippen LogP contribution in [0, 0.1) is 5.92 Å². The minimum Gasteiger partial charge on any atom is -0.335 e. The van der Waals surface area contributed by atoms with E-state index in [1.54, 1.807) is 0 Å². The van der Waals surface area contributed by atoms with E-state index in [9.17, 15) is 0 Å². The fourth-order valence-electron chi connectivity index (χ4n) is 2.60. The molecule has 19 heavy (non-hydrogen) atoms. The SMILES string of the molecule is CCCCCCN1N=CN(C(C)(C)C)C1CC(C)C. The highest BCUT2D eigenvalue weighted by atomic mass is 15.6. The van der Waals surface area contributed by atoms with Crippen molar-refractivity contribution >= 4 is 6.34 Å². The standard InChI is InChI=1S/C16H33N3/c1-7-8-9-10-11-19-15(12-14(2)3)18(13-17-19)16(4,5)6/h13-15H,7-12H2,1-6H3. The van der Waals surface area contributed by atoms with Crippen molar-refractivity contribution in [2.24, 2.45) is 11.0 Å². The molecule has 0 amide bonds. The Bertz CT molecular complexity index is 278. The van der Waals surface area contributed by atoms with Gasteiger partial charge in [0.1, 0.15) is 12.5 Å². The second-order valence-electron chi connectivity index (χ2n) is 7.14. The van der Waals surface area contributed by atoms with Crippen molar-refractivity contribution < 1.29 is 0 Å². The molecule has 0 aromatic heterocycles. The van der Waals surface area contributed by atoms with Crippen molar-refractivity contribution in [1.29, 1.82) is 0 Å². The lowest BCUT2D eigenvalue weighted by Crippen LogP contribution is -2.50. The van der Waals surface area contributed by atoms with Crippen LogP contribution in [0.15, 0.2) is 5.10 Å². The maximum absolute atomic E-state index is 4.65. The molecule has 0 saturated heterocycles. The first-order valence-electron chi connectivity index (χ1n) is 7.95. The molecule has 112 valence electrons. The molecule has 0 spiro atoms. The Kier molecular flexibility index (Phi) is 6.15. The molecule has 1 aliphatic heterocycles. The number of hydrazone groups is 1. The van der Waals surface area contributed by atoms with Crippen molar-refractivity contribution in [3.8, 4) is 0 Å². The third-order valence-corrected chi connectivity index (χ3v) is 3.69. The average molecular weight is 267 g/mol. The van der Waals surface area contributed by atoms with Gasteiger partial charge in [-0.25, -0.2) is 0 Å². The molecule has 0 fully saturated rings. The molecule has 0 aliphatic carbocycles. The van der Waals surface area contributed by atoms with E-state index in [1.165, 1.54) is 32.1 Å². The first kappa shape index (κ1) is 16.3. The van der Waals surface area contributed by atoms with E-state index in [0.717, 1.165) is 6.54 Å². The quantitative estimate of drug-likeness (QED) is 0.640. The molecule has 0 aromatic carbocycles. The summed E-state index contributed by atoms with van der Waals surface area (Å²) in [6, 6.07) is 0. The predicted molar refractivity (Wildman–Crippen MR) is 84.2 cm³/mol.